The van der Waals surface area contributed by atoms with Crippen LogP contribution in [0.5, 0.6) is 5.75 Å². The lowest BCUT2D eigenvalue weighted by Crippen LogP contribution is -2.21. The van der Waals surface area contributed by atoms with Crippen LogP contribution >= 0.6 is 0 Å². The van der Waals surface area contributed by atoms with E-state index < -0.39 is 6.10 Å². The highest BCUT2D eigenvalue weighted by Crippen LogP contribution is 2.09. The molecule has 3 N–H and O–H groups in total. The number of nitrogens with one attached hydrogen (secondary N) is 1. The number of carbonyl (C=O) groups is 1. The minimum Gasteiger partial charge on any atom is -0.488 e. The molecule has 0 spiro atoms. The average molecular weight is 255 g/mol. The number of amides is 1. The highest BCUT2D eigenvalue weighted by molar-refractivity contribution is 5.90. The number of rotatable bonds is 6. The van der Waals surface area contributed by atoms with E-state index in [1.165, 1.54) is 12.4 Å². The molecular weight excluding hydrogens is 238 g/mol. The molecule has 0 aromatic carbocycles. The van der Waals surface area contributed by atoms with Crippen molar-refractivity contribution in [3.05, 3.63) is 12.4 Å². The summed E-state index contributed by atoms with van der Waals surface area (Å²) in [5, 5.41) is 20.2. The predicted molar refractivity (Wildman–Crippen MR) is 64.1 cm³/mol. The lowest BCUT2D eigenvalue weighted by atomic mass is 10.2. The van der Waals surface area contributed by atoms with Crippen molar-refractivity contribution in [3.8, 4) is 5.75 Å². The fraction of sp³-hybridized carbons (Fsp3) is 0.545. The first-order valence-electron chi connectivity index (χ1n) is 5.57. The number of ether oxygens (including phenoxy) is 1. The second-order valence-corrected chi connectivity index (χ2v) is 4.03. The molecule has 0 aliphatic heterocycles. The number of aliphatic hydroxyl groups excluding tert-OH is 2. The molecule has 0 bridgehead atoms. The summed E-state index contributed by atoms with van der Waals surface area (Å²) in [5.74, 6) is 0.234. The standard InChI is InChI=1S/C11H17N3O4/c1-7(2)10(17)14-11-12-3-9(4-13-11)18-6-8(16)5-15/h3-4,7-8,15-16H,5-6H2,1-2H3,(H,12,13,14,17)/t8-/m0/s1. The Labute approximate surface area is 105 Å². The number of hydrogen-bond donors (Lipinski definition) is 3. The van der Waals surface area contributed by atoms with Gasteiger partial charge in [-0.3, -0.25) is 10.1 Å². The second kappa shape index (κ2) is 6.87. The van der Waals surface area contributed by atoms with Crippen molar-refractivity contribution in [2.45, 2.75) is 20.0 Å². The van der Waals surface area contributed by atoms with Crippen molar-refractivity contribution in [1.29, 1.82) is 0 Å². The summed E-state index contributed by atoms with van der Waals surface area (Å²) in [5.41, 5.74) is 0. The molecule has 1 rings (SSSR count). The maximum atomic E-state index is 11.4. The Kier molecular flexibility index (Phi) is 5.47. The van der Waals surface area contributed by atoms with Crippen LogP contribution in [0.25, 0.3) is 0 Å². The van der Waals surface area contributed by atoms with E-state index in [1.54, 1.807) is 13.8 Å². The Hall–Kier alpha value is -1.73. The lowest BCUT2D eigenvalue weighted by molar-refractivity contribution is -0.118. The smallest absolute Gasteiger partial charge is 0.229 e. The Morgan fingerprint density at radius 2 is 2.06 bits per heavy atom. The minimum absolute atomic E-state index is 0.0441. The molecule has 1 amide bonds. The van der Waals surface area contributed by atoms with Gasteiger partial charge >= 0.3 is 0 Å². The number of hydrogen-bond acceptors (Lipinski definition) is 6. The normalized spacial score (nSPS) is 12.3. The molecule has 0 radical (unpaired) electrons. The second-order valence-electron chi connectivity index (χ2n) is 4.03. The summed E-state index contributed by atoms with van der Waals surface area (Å²) in [4.78, 5) is 19.2. The van der Waals surface area contributed by atoms with E-state index in [9.17, 15) is 4.79 Å². The van der Waals surface area contributed by atoms with Crippen LogP contribution in [0.4, 0.5) is 5.95 Å². The molecule has 0 fully saturated rings. The van der Waals surface area contributed by atoms with Crippen molar-refractivity contribution in [2.24, 2.45) is 5.92 Å². The number of carbonyl (C=O) groups excluding carboxylic acids is 1. The Morgan fingerprint density at radius 3 is 2.56 bits per heavy atom. The molecule has 100 valence electrons. The zero-order valence-electron chi connectivity index (χ0n) is 10.3. The van der Waals surface area contributed by atoms with Crippen molar-refractivity contribution >= 4 is 11.9 Å². The summed E-state index contributed by atoms with van der Waals surface area (Å²) < 4.78 is 5.12. The predicted octanol–water partition coefficient (Wildman–Crippen LogP) is -0.197. The summed E-state index contributed by atoms with van der Waals surface area (Å²) >= 11 is 0. The Balaban J connectivity index is 2.50. The molecule has 0 aliphatic carbocycles. The zero-order chi connectivity index (χ0) is 13.5. The molecule has 1 aromatic heterocycles. The topological polar surface area (TPSA) is 105 Å². The van der Waals surface area contributed by atoms with E-state index >= 15 is 0 Å². The van der Waals surface area contributed by atoms with Crippen molar-refractivity contribution in [2.75, 3.05) is 18.5 Å². The minimum atomic E-state index is -0.940. The first kappa shape index (κ1) is 14.3. The van der Waals surface area contributed by atoms with Gasteiger partial charge in [0, 0.05) is 5.92 Å². The molecule has 1 aromatic rings. The van der Waals surface area contributed by atoms with Gasteiger partial charge in [0.2, 0.25) is 11.9 Å². The van der Waals surface area contributed by atoms with Gasteiger partial charge in [-0.05, 0) is 0 Å². The van der Waals surface area contributed by atoms with Crippen LogP contribution in [-0.4, -0.2) is 45.4 Å². The van der Waals surface area contributed by atoms with E-state index in [1.807, 2.05) is 0 Å². The molecule has 7 heteroatoms. The molecule has 0 saturated heterocycles. The fourth-order valence-electron chi connectivity index (χ4n) is 0.955. The van der Waals surface area contributed by atoms with Gasteiger partial charge in [-0.15, -0.1) is 0 Å². The first-order valence-corrected chi connectivity index (χ1v) is 5.57. The summed E-state index contributed by atoms with van der Waals surface area (Å²) in [6.45, 7) is 3.12. The fourth-order valence-corrected chi connectivity index (χ4v) is 0.955. The van der Waals surface area contributed by atoms with E-state index in [0.717, 1.165) is 0 Å². The quantitative estimate of drug-likeness (QED) is 0.650. The molecule has 0 aliphatic rings. The van der Waals surface area contributed by atoms with E-state index in [2.05, 4.69) is 15.3 Å². The van der Waals surface area contributed by atoms with Crippen LogP contribution in [0.15, 0.2) is 12.4 Å². The van der Waals surface area contributed by atoms with Crippen LogP contribution in [0.3, 0.4) is 0 Å². The lowest BCUT2D eigenvalue weighted by Gasteiger charge is -2.10. The summed E-state index contributed by atoms with van der Waals surface area (Å²) in [6.07, 6.45) is 1.82. The van der Waals surface area contributed by atoms with Gasteiger partial charge < -0.3 is 14.9 Å². The van der Waals surface area contributed by atoms with E-state index in [4.69, 9.17) is 14.9 Å². The van der Waals surface area contributed by atoms with Crippen LogP contribution in [0, 0.1) is 5.92 Å². The van der Waals surface area contributed by atoms with Crippen molar-refractivity contribution in [3.63, 3.8) is 0 Å². The highest BCUT2D eigenvalue weighted by Gasteiger charge is 2.09. The monoisotopic (exact) mass is 255 g/mol. The number of anilines is 1. The third-order valence-corrected chi connectivity index (χ3v) is 2.04. The van der Waals surface area contributed by atoms with Crippen LogP contribution in [0.1, 0.15) is 13.8 Å². The van der Waals surface area contributed by atoms with Gasteiger partial charge in [-0.1, -0.05) is 13.8 Å². The highest BCUT2D eigenvalue weighted by atomic mass is 16.5. The maximum absolute atomic E-state index is 11.4. The SMILES string of the molecule is CC(C)C(=O)Nc1ncc(OC[C@@H](O)CO)cn1. The van der Waals surface area contributed by atoms with Crippen LogP contribution in [-0.2, 0) is 4.79 Å². The van der Waals surface area contributed by atoms with E-state index in [-0.39, 0.29) is 31.0 Å². The number of aromatic nitrogens is 2. The van der Waals surface area contributed by atoms with Crippen LogP contribution in [0.2, 0.25) is 0 Å². The largest absolute Gasteiger partial charge is 0.488 e. The third kappa shape index (κ3) is 4.64. The molecule has 0 saturated carbocycles. The van der Waals surface area contributed by atoms with Gasteiger partial charge in [-0.2, -0.15) is 0 Å². The number of aliphatic hydroxyl groups is 2. The number of nitrogens with zero attached hydrogens (tertiary/aromatic N) is 2. The van der Waals surface area contributed by atoms with Gasteiger partial charge in [-0.25, -0.2) is 9.97 Å². The molecule has 1 atom stereocenters. The average Bonchev–Trinajstić information content (AvgIpc) is 2.37. The first-order chi connectivity index (χ1) is 8.52. The molecule has 7 nitrogen and oxygen atoms in total. The Bertz CT molecular complexity index is 380. The summed E-state index contributed by atoms with van der Waals surface area (Å²) in [6, 6.07) is 0. The zero-order valence-corrected chi connectivity index (χ0v) is 10.3. The summed E-state index contributed by atoms with van der Waals surface area (Å²) in [7, 11) is 0. The van der Waals surface area contributed by atoms with Gasteiger partial charge in [0.25, 0.3) is 0 Å². The maximum Gasteiger partial charge on any atom is 0.229 e. The Morgan fingerprint density at radius 1 is 1.44 bits per heavy atom. The van der Waals surface area contributed by atoms with Crippen molar-refractivity contribution in [1.82, 2.24) is 9.97 Å². The van der Waals surface area contributed by atoms with Gasteiger partial charge in [0.1, 0.15) is 12.7 Å². The van der Waals surface area contributed by atoms with Crippen LogP contribution < -0.4 is 10.1 Å². The molecule has 18 heavy (non-hydrogen) atoms. The molecule has 0 unspecified atom stereocenters. The molecule has 1 heterocycles. The van der Waals surface area contributed by atoms with Gasteiger partial charge in [0.05, 0.1) is 19.0 Å². The van der Waals surface area contributed by atoms with Gasteiger partial charge in [0.15, 0.2) is 5.75 Å². The van der Waals surface area contributed by atoms with Crippen molar-refractivity contribution < 1.29 is 19.7 Å². The third-order valence-electron chi connectivity index (χ3n) is 2.04. The molecular formula is C11H17N3O4. The van der Waals surface area contributed by atoms with E-state index in [0.29, 0.717) is 5.75 Å².